The van der Waals surface area contributed by atoms with Gasteiger partial charge in [0.05, 0.1) is 19.5 Å². The van der Waals surface area contributed by atoms with Gasteiger partial charge in [-0.2, -0.15) is 0 Å². The van der Waals surface area contributed by atoms with E-state index < -0.39 is 0 Å². The summed E-state index contributed by atoms with van der Waals surface area (Å²) in [5.41, 5.74) is 1.43. The lowest BCUT2D eigenvalue weighted by molar-refractivity contribution is -0.703. The summed E-state index contributed by atoms with van der Waals surface area (Å²) in [5.74, 6) is 1.49. The molecule has 0 saturated heterocycles. The second kappa shape index (κ2) is 21.5. The Bertz CT molecular complexity index is 733. The first-order chi connectivity index (χ1) is 17.8. The summed E-state index contributed by atoms with van der Waals surface area (Å²) in [6.45, 7) is 6.94. The SMILES string of the molecule is CCCCCCCCCCCCCCCn1cc[n+](CCCCCCCCC)c1Cc1ccccc1. The lowest BCUT2D eigenvalue weighted by Crippen LogP contribution is -2.37. The molecular formula is C34H59N2+. The lowest BCUT2D eigenvalue weighted by atomic mass is 10.0. The Labute approximate surface area is 224 Å². The van der Waals surface area contributed by atoms with Crippen molar-refractivity contribution >= 4 is 0 Å². The number of imidazole rings is 1. The minimum absolute atomic E-state index is 1.04. The maximum Gasteiger partial charge on any atom is 0.260 e. The quantitative estimate of drug-likeness (QED) is 0.101. The summed E-state index contributed by atoms with van der Waals surface area (Å²) in [5, 5.41) is 0. The molecule has 0 atom stereocenters. The Morgan fingerprint density at radius 2 is 1.03 bits per heavy atom. The number of hydrogen-bond donors (Lipinski definition) is 0. The summed E-state index contributed by atoms with van der Waals surface area (Å²) in [7, 11) is 0. The maximum atomic E-state index is 2.55. The third-order valence-corrected chi connectivity index (χ3v) is 7.80. The third kappa shape index (κ3) is 14.2. The van der Waals surface area contributed by atoms with Gasteiger partial charge in [0.25, 0.3) is 5.82 Å². The average Bonchev–Trinajstić information content (AvgIpc) is 3.27. The van der Waals surface area contributed by atoms with Crippen molar-refractivity contribution in [3.05, 3.63) is 54.1 Å². The Morgan fingerprint density at radius 3 is 1.56 bits per heavy atom. The van der Waals surface area contributed by atoms with Gasteiger partial charge in [-0.25, -0.2) is 9.13 Å². The van der Waals surface area contributed by atoms with Gasteiger partial charge in [0.1, 0.15) is 12.4 Å². The predicted molar refractivity (Wildman–Crippen MR) is 158 cm³/mol. The van der Waals surface area contributed by atoms with Gasteiger partial charge < -0.3 is 0 Å². The third-order valence-electron chi connectivity index (χ3n) is 7.80. The Hall–Kier alpha value is -1.57. The molecule has 0 bridgehead atoms. The number of hydrogen-bond acceptors (Lipinski definition) is 0. The van der Waals surface area contributed by atoms with E-state index in [1.807, 2.05) is 0 Å². The van der Waals surface area contributed by atoms with Crippen LogP contribution in [0.5, 0.6) is 0 Å². The molecule has 0 unspecified atom stereocenters. The largest absolute Gasteiger partial charge is 0.260 e. The molecular weight excluding hydrogens is 436 g/mol. The predicted octanol–water partition coefficient (Wildman–Crippen LogP) is 10.2. The van der Waals surface area contributed by atoms with Crippen molar-refractivity contribution < 1.29 is 4.57 Å². The zero-order valence-electron chi connectivity index (χ0n) is 24.2. The van der Waals surface area contributed by atoms with Crippen LogP contribution in [0.2, 0.25) is 0 Å². The van der Waals surface area contributed by atoms with Crippen LogP contribution < -0.4 is 4.57 Å². The standard InChI is InChI=1S/C34H59N2/c1-3-5-7-9-11-12-13-14-15-16-18-20-25-29-36-31-30-35(28-24-19-17-10-8-6-4-2)34(36)32-33-26-22-21-23-27-33/h21-23,26-27,30-31H,3-20,24-25,28-29,32H2,1-2H3/q+1. The van der Waals surface area contributed by atoms with Crippen molar-refractivity contribution in [1.29, 1.82) is 0 Å². The van der Waals surface area contributed by atoms with Gasteiger partial charge in [-0.15, -0.1) is 0 Å². The van der Waals surface area contributed by atoms with Crippen LogP contribution in [0.4, 0.5) is 0 Å². The van der Waals surface area contributed by atoms with Crippen LogP contribution in [0.1, 0.15) is 154 Å². The zero-order valence-corrected chi connectivity index (χ0v) is 24.2. The van der Waals surface area contributed by atoms with E-state index in [0.717, 1.165) is 6.42 Å². The lowest BCUT2D eigenvalue weighted by Gasteiger charge is -2.07. The Balaban J connectivity index is 1.66. The molecule has 0 aliphatic rings. The minimum Gasteiger partial charge on any atom is -0.234 e. The molecule has 2 heteroatoms. The van der Waals surface area contributed by atoms with Crippen LogP contribution in [0.25, 0.3) is 0 Å². The van der Waals surface area contributed by atoms with Gasteiger partial charge in [-0.05, 0) is 31.2 Å². The molecule has 1 aromatic carbocycles. The molecule has 0 aliphatic carbocycles. The molecule has 2 rings (SSSR count). The first-order valence-corrected chi connectivity index (χ1v) is 16.0. The summed E-state index contributed by atoms with van der Waals surface area (Å²) in [4.78, 5) is 0. The number of unbranched alkanes of at least 4 members (excludes halogenated alkanes) is 18. The Morgan fingerprint density at radius 1 is 0.556 bits per heavy atom. The number of aromatic nitrogens is 2. The summed E-state index contributed by atoms with van der Waals surface area (Å²) >= 11 is 0. The second-order valence-corrected chi connectivity index (χ2v) is 11.1. The normalized spacial score (nSPS) is 11.4. The molecule has 0 N–H and O–H groups in total. The summed E-state index contributed by atoms with van der Waals surface area (Å²) < 4.78 is 5.09. The number of benzene rings is 1. The van der Waals surface area contributed by atoms with Crippen LogP contribution in [-0.2, 0) is 19.5 Å². The van der Waals surface area contributed by atoms with Gasteiger partial charge in [0.15, 0.2) is 0 Å². The van der Waals surface area contributed by atoms with E-state index in [4.69, 9.17) is 0 Å². The average molecular weight is 496 g/mol. The highest BCUT2D eigenvalue weighted by Crippen LogP contribution is 2.14. The van der Waals surface area contributed by atoms with Crippen molar-refractivity contribution in [3.63, 3.8) is 0 Å². The van der Waals surface area contributed by atoms with E-state index in [9.17, 15) is 0 Å². The van der Waals surface area contributed by atoms with E-state index >= 15 is 0 Å². The highest BCUT2D eigenvalue weighted by atomic mass is 15.1. The van der Waals surface area contributed by atoms with Crippen molar-refractivity contribution in [2.75, 3.05) is 0 Å². The van der Waals surface area contributed by atoms with E-state index in [1.165, 1.54) is 153 Å². The molecule has 2 nitrogen and oxygen atoms in total. The molecule has 1 aromatic heterocycles. The fourth-order valence-electron chi connectivity index (χ4n) is 5.43. The van der Waals surface area contributed by atoms with Crippen LogP contribution in [0.15, 0.2) is 42.7 Å². The molecule has 2 aromatic rings. The molecule has 0 spiro atoms. The fraction of sp³-hybridized carbons (Fsp3) is 0.735. The van der Waals surface area contributed by atoms with Gasteiger partial charge in [-0.3, -0.25) is 0 Å². The van der Waals surface area contributed by atoms with E-state index in [0.29, 0.717) is 0 Å². The molecule has 0 fully saturated rings. The van der Waals surface area contributed by atoms with Crippen LogP contribution in [0, 0.1) is 0 Å². The molecule has 0 aliphatic heterocycles. The highest BCUT2D eigenvalue weighted by molar-refractivity contribution is 5.18. The molecule has 0 radical (unpaired) electrons. The summed E-state index contributed by atoms with van der Waals surface area (Å²) in [6.07, 6.45) is 33.8. The van der Waals surface area contributed by atoms with Gasteiger partial charge >= 0.3 is 0 Å². The maximum absolute atomic E-state index is 2.55. The van der Waals surface area contributed by atoms with E-state index in [-0.39, 0.29) is 0 Å². The van der Waals surface area contributed by atoms with Crippen molar-refractivity contribution in [3.8, 4) is 0 Å². The van der Waals surface area contributed by atoms with Crippen molar-refractivity contribution in [1.82, 2.24) is 4.57 Å². The molecule has 204 valence electrons. The number of rotatable bonds is 24. The first kappa shape index (κ1) is 30.7. The van der Waals surface area contributed by atoms with Crippen molar-refractivity contribution in [2.24, 2.45) is 0 Å². The Kier molecular flexibility index (Phi) is 18.3. The van der Waals surface area contributed by atoms with Crippen LogP contribution >= 0.6 is 0 Å². The molecule has 36 heavy (non-hydrogen) atoms. The topological polar surface area (TPSA) is 8.81 Å². The number of aryl methyl sites for hydroxylation is 2. The minimum atomic E-state index is 1.04. The zero-order chi connectivity index (χ0) is 25.5. The second-order valence-electron chi connectivity index (χ2n) is 11.1. The highest BCUT2D eigenvalue weighted by Gasteiger charge is 2.17. The summed E-state index contributed by atoms with van der Waals surface area (Å²) in [6, 6.07) is 11.0. The smallest absolute Gasteiger partial charge is 0.234 e. The van der Waals surface area contributed by atoms with Gasteiger partial charge in [-0.1, -0.05) is 147 Å². The first-order valence-electron chi connectivity index (χ1n) is 16.0. The molecule has 0 saturated carbocycles. The van der Waals surface area contributed by atoms with Gasteiger partial charge in [0.2, 0.25) is 0 Å². The molecule has 1 heterocycles. The van der Waals surface area contributed by atoms with Crippen molar-refractivity contribution in [2.45, 2.75) is 162 Å². The number of nitrogens with zero attached hydrogens (tertiary/aromatic N) is 2. The van der Waals surface area contributed by atoms with Crippen LogP contribution in [0.3, 0.4) is 0 Å². The molecule has 0 amide bonds. The van der Waals surface area contributed by atoms with E-state index in [1.54, 1.807) is 0 Å². The van der Waals surface area contributed by atoms with Crippen LogP contribution in [-0.4, -0.2) is 4.57 Å². The fourth-order valence-corrected chi connectivity index (χ4v) is 5.43. The van der Waals surface area contributed by atoms with E-state index in [2.05, 4.69) is 65.7 Å². The van der Waals surface area contributed by atoms with Gasteiger partial charge in [0, 0.05) is 0 Å². The monoisotopic (exact) mass is 495 g/mol.